The highest BCUT2D eigenvalue weighted by atomic mass is 16.6. The molecule has 1 spiro atoms. The molecule has 1 aromatic heterocycles. The SMILES string of the molecule is CC(=O)Nc1ccc(OCCOCCOCCOCCNc2cc(C)c(-c3ccc4c(c3)C3(CC3)C(=O)N4)cn2)cc1. The fraction of sp³-hybridized carbons (Fsp3) is 0.406. The summed E-state index contributed by atoms with van der Waals surface area (Å²) in [5.74, 6) is 1.55. The van der Waals surface area contributed by atoms with E-state index in [4.69, 9.17) is 18.9 Å². The summed E-state index contributed by atoms with van der Waals surface area (Å²) in [6, 6.07) is 15.4. The van der Waals surface area contributed by atoms with Gasteiger partial charge in [0.2, 0.25) is 11.8 Å². The fourth-order valence-electron chi connectivity index (χ4n) is 5.01. The third kappa shape index (κ3) is 7.44. The molecule has 2 amide bonds. The van der Waals surface area contributed by atoms with Crippen LogP contribution in [0.5, 0.6) is 5.75 Å². The smallest absolute Gasteiger partial charge is 0.235 e. The maximum atomic E-state index is 12.3. The van der Waals surface area contributed by atoms with Gasteiger partial charge in [-0.2, -0.15) is 0 Å². The molecule has 2 aliphatic rings. The molecule has 0 unspecified atom stereocenters. The van der Waals surface area contributed by atoms with Gasteiger partial charge < -0.3 is 34.9 Å². The van der Waals surface area contributed by atoms with Gasteiger partial charge in [-0.25, -0.2) is 4.98 Å². The number of pyridine rings is 1. The molecule has 0 atom stereocenters. The van der Waals surface area contributed by atoms with E-state index in [9.17, 15) is 9.59 Å². The molecule has 0 radical (unpaired) electrons. The summed E-state index contributed by atoms with van der Waals surface area (Å²) in [5.41, 5.74) is 5.77. The third-order valence-corrected chi connectivity index (χ3v) is 7.36. The Hall–Kier alpha value is -3.99. The lowest BCUT2D eigenvalue weighted by molar-refractivity contribution is -0.118. The number of fused-ring (bicyclic) bond motifs is 2. The molecule has 3 aromatic rings. The number of carbonyl (C=O) groups excluding carboxylic acids is 2. The van der Waals surface area contributed by atoms with Gasteiger partial charge >= 0.3 is 0 Å². The van der Waals surface area contributed by atoms with Gasteiger partial charge in [0.05, 0.1) is 45.1 Å². The van der Waals surface area contributed by atoms with Crippen LogP contribution in [0.2, 0.25) is 0 Å². The monoisotopic (exact) mass is 574 g/mol. The molecule has 10 heteroatoms. The molecule has 222 valence electrons. The Morgan fingerprint density at radius 2 is 1.62 bits per heavy atom. The van der Waals surface area contributed by atoms with Crippen LogP contribution in [0.1, 0.15) is 30.9 Å². The second-order valence-electron chi connectivity index (χ2n) is 10.5. The molecule has 3 N–H and O–H groups in total. The first-order valence-electron chi connectivity index (χ1n) is 14.4. The van der Waals surface area contributed by atoms with Gasteiger partial charge in [0.15, 0.2) is 0 Å². The second-order valence-corrected chi connectivity index (χ2v) is 10.5. The number of carbonyl (C=O) groups is 2. The molecule has 1 aliphatic heterocycles. The van der Waals surface area contributed by atoms with E-state index in [2.05, 4.69) is 33.9 Å². The largest absolute Gasteiger partial charge is 0.491 e. The minimum absolute atomic E-state index is 0.106. The van der Waals surface area contributed by atoms with Crippen LogP contribution in [-0.2, 0) is 29.2 Å². The van der Waals surface area contributed by atoms with Crippen molar-refractivity contribution in [1.82, 2.24) is 4.98 Å². The Morgan fingerprint density at radius 1 is 0.929 bits per heavy atom. The summed E-state index contributed by atoms with van der Waals surface area (Å²) in [7, 11) is 0. The second kappa shape index (κ2) is 13.8. The lowest BCUT2D eigenvalue weighted by Gasteiger charge is -2.12. The van der Waals surface area contributed by atoms with Crippen LogP contribution in [0.3, 0.4) is 0 Å². The zero-order chi connectivity index (χ0) is 29.4. The Kier molecular flexibility index (Phi) is 9.68. The number of anilines is 3. The molecule has 10 nitrogen and oxygen atoms in total. The van der Waals surface area contributed by atoms with Crippen LogP contribution in [0.25, 0.3) is 11.1 Å². The molecule has 1 fully saturated rings. The first-order chi connectivity index (χ1) is 20.4. The first kappa shape index (κ1) is 29.5. The Balaban J connectivity index is 0.896. The van der Waals surface area contributed by atoms with Crippen LogP contribution in [0, 0.1) is 6.92 Å². The normalized spacial score (nSPS) is 14.4. The van der Waals surface area contributed by atoms with Crippen molar-refractivity contribution in [3.8, 4) is 16.9 Å². The van der Waals surface area contributed by atoms with Gasteiger partial charge in [0, 0.05) is 36.6 Å². The Bertz CT molecular complexity index is 1390. The zero-order valence-corrected chi connectivity index (χ0v) is 24.2. The van der Waals surface area contributed by atoms with Gasteiger partial charge in [-0.3, -0.25) is 9.59 Å². The maximum absolute atomic E-state index is 12.3. The van der Waals surface area contributed by atoms with Gasteiger partial charge in [0.1, 0.15) is 18.2 Å². The van der Waals surface area contributed by atoms with Crippen molar-refractivity contribution in [3.05, 3.63) is 65.9 Å². The number of benzene rings is 2. The average molecular weight is 575 g/mol. The van der Waals surface area contributed by atoms with Crippen molar-refractivity contribution < 1.29 is 28.5 Å². The number of hydrogen-bond acceptors (Lipinski definition) is 8. The van der Waals surface area contributed by atoms with E-state index in [1.54, 1.807) is 24.3 Å². The molecule has 1 saturated carbocycles. The van der Waals surface area contributed by atoms with E-state index in [1.165, 1.54) is 6.92 Å². The van der Waals surface area contributed by atoms with E-state index < -0.39 is 0 Å². The average Bonchev–Trinajstić information content (AvgIpc) is 3.73. The van der Waals surface area contributed by atoms with Crippen LogP contribution in [0.4, 0.5) is 17.2 Å². The highest BCUT2D eigenvalue weighted by Crippen LogP contribution is 2.55. The number of hydrogen-bond donors (Lipinski definition) is 3. The lowest BCUT2D eigenvalue weighted by atomic mass is 9.93. The van der Waals surface area contributed by atoms with Crippen LogP contribution in [0.15, 0.2) is 54.7 Å². The molecule has 42 heavy (non-hydrogen) atoms. The van der Waals surface area contributed by atoms with Gasteiger partial charge in [0.25, 0.3) is 0 Å². The Labute approximate surface area is 246 Å². The Morgan fingerprint density at radius 3 is 2.29 bits per heavy atom. The summed E-state index contributed by atoms with van der Waals surface area (Å²) >= 11 is 0. The number of ether oxygens (including phenoxy) is 4. The zero-order valence-electron chi connectivity index (χ0n) is 24.2. The molecular weight excluding hydrogens is 536 g/mol. The van der Waals surface area contributed by atoms with E-state index in [1.807, 2.05) is 24.4 Å². The van der Waals surface area contributed by atoms with E-state index in [-0.39, 0.29) is 17.2 Å². The highest BCUT2D eigenvalue weighted by molar-refractivity contribution is 6.08. The summed E-state index contributed by atoms with van der Waals surface area (Å²) in [6.45, 7) is 7.58. The van der Waals surface area contributed by atoms with Gasteiger partial charge in [-0.15, -0.1) is 0 Å². The number of nitrogens with zero attached hydrogens (tertiary/aromatic N) is 1. The summed E-state index contributed by atoms with van der Waals surface area (Å²) < 4.78 is 22.3. The summed E-state index contributed by atoms with van der Waals surface area (Å²) in [4.78, 5) is 28.0. The third-order valence-electron chi connectivity index (χ3n) is 7.36. The summed E-state index contributed by atoms with van der Waals surface area (Å²) in [5, 5.41) is 9.04. The molecule has 5 rings (SSSR count). The fourth-order valence-corrected chi connectivity index (χ4v) is 5.01. The number of nitrogens with one attached hydrogen (secondary N) is 3. The predicted molar refractivity (Wildman–Crippen MR) is 161 cm³/mol. The number of rotatable bonds is 16. The van der Waals surface area contributed by atoms with Crippen LogP contribution in [-0.4, -0.2) is 69.6 Å². The molecule has 0 saturated heterocycles. The van der Waals surface area contributed by atoms with Crippen molar-refractivity contribution in [2.24, 2.45) is 0 Å². The number of aryl methyl sites for hydroxylation is 1. The molecular formula is C32H38N4O6. The minimum Gasteiger partial charge on any atom is -0.491 e. The highest BCUT2D eigenvalue weighted by Gasteiger charge is 2.56. The van der Waals surface area contributed by atoms with E-state index in [0.29, 0.717) is 52.8 Å². The van der Waals surface area contributed by atoms with Gasteiger partial charge in [-0.1, -0.05) is 6.07 Å². The number of amides is 2. The van der Waals surface area contributed by atoms with E-state index in [0.717, 1.165) is 58.0 Å². The molecule has 2 aromatic carbocycles. The van der Waals surface area contributed by atoms with Crippen LogP contribution < -0.4 is 20.7 Å². The van der Waals surface area contributed by atoms with Crippen molar-refractivity contribution >= 4 is 29.0 Å². The topological polar surface area (TPSA) is 120 Å². The quantitative estimate of drug-likeness (QED) is 0.213. The van der Waals surface area contributed by atoms with Crippen molar-refractivity contribution in [2.75, 3.05) is 68.7 Å². The number of aromatic nitrogens is 1. The maximum Gasteiger partial charge on any atom is 0.235 e. The lowest BCUT2D eigenvalue weighted by Crippen LogP contribution is -2.18. The molecule has 0 bridgehead atoms. The van der Waals surface area contributed by atoms with E-state index >= 15 is 0 Å². The standard InChI is InChI=1S/C32H38N4O6/c1-22-19-30(34-21-27(22)24-3-8-29-28(20-24)32(9-10-32)31(38)36-29)33-11-12-39-13-14-40-15-16-41-17-18-42-26-6-4-25(5-7-26)35-23(2)37/h3-8,19-21H,9-18H2,1-2H3,(H,33,34)(H,35,37)(H,36,38). The predicted octanol–water partition coefficient (Wildman–Crippen LogP) is 4.54. The first-order valence-corrected chi connectivity index (χ1v) is 14.4. The van der Waals surface area contributed by atoms with Crippen molar-refractivity contribution in [2.45, 2.75) is 32.1 Å². The minimum atomic E-state index is -0.297. The van der Waals surface area contributed by atoms with Crippen molar-refractivity contribution in [1.29, 1.82) is 0 Å². The van der Waals surface area contributed by atoms with Gasteiger partial charge in [-0.05, 0) is 78.9 Å². The van der Waals surface area contributed by atoms with Crippen LogP contribution >= 0.6 is 0 Å². The van der Waals surface area contributed by atoms with Crippen molar-refractivity contribution in [3.63, 3.8) is 0 Å². The molecule has 2 heterocycles. The molecule has 1 aliphatic carbocycles. The summed E-state index contributed by atoms with van der Waals surface area (Å²) in [6.07, 6.45) is 3.74.